The highest BCUT2D eigenvalue weighted by atomic mass is 32.1. The maximum absolute atomic E-state index is 3.08. The van der Waals surface area contributed by atoms with Crippen LogP contribution in [0.15, 0.2) is 0 Å². The Hall–Kier alpha value is 0.180. The van der Waals surface area contributed by atoms with Crippen LogP contribution >= 0.6 is 11.4 Å². The van der Waals surface area contributed by atoms with Gasteiger partial charge in [0.2, 0.25) is 0 Å². The first-order valence-corrected chi connectivity index (χ1v) is 2.87. The quantitative estimate of drug-likeness (QED) is 0.310. The molecular formula is C3H7NS. The van der Waals surface area contributed by atoms with E-state index in [0.29, 0.717) is 0 Å². The van der Waals surface area contributed by atoms with Gasteiger partial charge in [-0.25, -0.2) is 0 Å². The van der Waals surface area contributed by atoms with Gasteiger partial charge in [-0.05, 0) is 11.2 Å². The van der Waals surface area contributed by atoms with Crippen molar-refractivity contribution in [1.29, 1.82) is 0 Å². The molecule has 0 aromatic rings. The van der Waals surface area contributed by atoms with Crippen molar-refractivity contribution in [3.05, 3.63) is 0 Å². The highest BCUT2D eigenvalue weighted by molar-refractivity contribution is 7.97. The van der Waals surface area contributed by atoms with Gasteiger partial charge < -0.3 is 0 Å². The first-order valence-electron chi connectivity index (χ1n) is 1.72. The molecule has 2 heteroatoms. The van der Waals surface area contributed by atoms with Crippen molar-refractivity contribution in [3.8, 4) is 0 Å². The average Bonchev–Trinajstić information content (AvgIpc) is 1.76. The third-order valence-electron chi connectivity index (χ3n) is 0.568. The third kappa shape index (κ3) is 0.740. The fourth-order valence-electron chi connectivity index (χ4n) is 0.323. The average molecular weight is 89.2 g/mol. The summed E-state index contributed by atoms with van der Waals surface area (Å²) in [4.78, 5) is 0. The van der Waals surface area contributed by atoms with E-state index < -0.39 is 0 Å². The van der Waals surface area contributed by atoms with E-state index in [9.17, 15) is 0 Å². The van der Waals surface area contributed by atoms with E-state index in [4.69, 9.17) is 0 Å². The number of rotatable bonds is 0. The number of hydrogen-bond acceptors (Lipinski definition) is 1. The summed E-state index contributed by atoms with van der Waals surface area (Å²) >= 11 is 1.46. The zero-order chi connectivity index (χ0) is 3.54. The van der Waals surface area contributed by atoms with Gasteiger partial charge in [0.05, 0.1) is 0 Å². The van der Waals surface area contributed by atoms with Crippen LogP contribution in [-0.2, 0) is 0 Å². The van der Waals surface area contributed by atoms with Crippen LogP contribution in [0.4, 0.5) is 0 Å². The van der Waals surface area contributed by atoms with Crippen molar-refractivity contribution in [1.82, 2.24) is 5.32 Å². The minimum Gasteiger partial charge on any atom is -0.290 e. The Kier molecular flexibility index (Phi) is 1.06. The molecule has 0 spiro atoms. The monoisotopic (exact) mass is 89.0 g/mol. The van der Waals surface area contributed by atoms with E-state index in [0.717, 1.165) is 0 Å². The van der Waals surface area contributed by atoms with Gasteiger partial charge in [-0.1, -0.05) is 0 Å². The molecule has 1 aliphatic heterocycles. The summed E-state index contributed by atoms with van der Waals surface area (Å²) in [6.45, 7) is 1.18. The van der Waals surface area contributed by atoms with Crippen molar-refractivity contribution in [2.45, 2.75) is 0 Å². The van der Waals surface area contributed by atoms with E-state index in [-0.39, 0.29) is 0 Å². The molecule has 0 bridgehead atoms. The summed E-state index contributed by atoms with van der Waals surface area (Å²) < 4.78 is 0. The molecule has 0 aliphatic carbocycles. The van der Waals surface area contributed by atoms with Crippen LogP contribution in [0.3, 0.4) is 0 Å². The summed E-state index contributed by atoms with van der Waals surface area (Å²) in [6, 6.07) is 0. The molecule has 0 aromatic carbocycles. The van der Waals surface area contributed by atoms with Crippen LogP contribution in [-0.4, -0.2) is 17.8 Å². The second kappa shape index (κ2) is 1.58. The Morgan fingerprint density at radius 2 is 2.80 bits per heavy atom. The molecule has 0 saturated carbocycles. The maximum Gasteiger partial charge on any atom is 0.00825 e. The molecule has 30 valence electrons. The lowest BCUT2D eigenvalue weighted by Gasteiger charge is -1.74. The molecule has 1 rings (SSSR count). The standard InChI is InChI=1S/C3H7NS/c1-2-5-3-4-1/h3-5H,1-2H2. The Labute approximate surface area is 35.3 Å². The smallest absolute Gasteiger partial charge is 0.00825 e. The molecule has 0 saturated heterocycles. The van der Waals surface area contributed by atoms with E-state index in [1.165, 1.54) is 23.6 Å². The van der Waals surface area contributed by atoms with Gasteiger partial charge in [-0.2, -0.15) is 11.4 Å². The van der Waals surface area contributed by atoms with Crippen LogP contribution in [0.25, 0.3) is 0 Å². The van der Waals surface area contributed by atoms with Crippen molar-refractivity contribution in [3.63, 3.8) is 0 Å². The molecule has 1 aliphatic rings. The Morgan fingerprint density at radius 3 is 3.00 bits per heavy atom. The van der Waals surface area contributed by atoms with E-state index in [1.54, 1.807) is 0 Å². The second-order valence-electron chi connectivity index (χ2n) is 0.989. The van der Waals surface area contributed by atoms with Gasteiger partial charge in [0.25, 0.3) is 0 Å². The predicted molar refractivity (Wildman–Crippen MR) is 27.9 cm³/mol. The Balaban J connectivity index is 2.32. The highest BCUT2D eigenvalue weighted by Crippen LogP contribution is 1.83. The number of hydrogen-bond donors (Lipinski definition) is 2. The zero-order valence-corrected chi connectivity index (χ0v) is 3.83. The third-order valence-corrected chi connectivity index (χ3v) is 1.41. The molecule has 0 radical (unpaired) electrons. The summed E-state index contributed by atoms with van der Waals surface area (Å²) in [5.74, 6) is 1.31. The first kappa shape index (κ1) is 3.37. The fourth-order valence-corrected chi connectivity index (χ4v) is 0.968. The van der Waals surface area contributed by atoms with Crippen LogP contribution in [0, 0.1) is 0 Å². The molecule has 1 heterocycles. The summed E-state index contributed by atoms with van der Waals surface area (Å²) in [5.41, 5.74) is 2.08. The van der Waals surface area contributed by atoms with Crippen molar-refractivity contribution in [2.24, 2.45) is 0 Å². The van der Waals surface area contributed by atoms with Crippen LogP contribution in [0.1, 0.15) is 0 Å². The molecule has 1 nitrogen and oxygen atoms in total. The van der Waals surface area contributed by atoms with Crippen LogP contribution in [0.5, 0.6) is 0 Å². The SMILES string of the molecule is C1=[SH]CCN1. The first-order chi connectivity index (χ1) is 2.50. The lowest BCUT2D eigenvalue weighted by molar-refractivity contribution is 1.03. The van der Waals surface area contributed by atoms with Crippen molar-refractivity contribution >= 4 is 16.8 Å². The maximum atomic E-state index is 3.08. The second-order valence-corrected chi connectivity index (χ2v) is 2.06. The summed E-state index contributed by atoms with van der Waals surface area (Å²) in [7, 11) is 0. The molecule has 0 atom stereocenters. The van der Waals surface area contributed by atoms with Crippen molar-refractivity contribution in [2.75, 3.05) is 12.3 Å². The number of nitrogens with one attached hydrogen (secondary N) is 1. The van der Waals surface area contributed by atoms with E-state index >= 15 is 0 Å². The molecule has 0 amide bonds. The van der Waals surface area contributed by atoms with Gasteiger partial charge in [0.15, 0.2) is 0 Å². The van der Waals surface area contributed by atoms with E-state index in [2.05, 4.69) is 10.8 Å². The minimum atomic E-state index is 1.18. The molecule has 0 aromatic heterocycles. The molecule has 1 N–H and O–H groups in total. The molecule has 0 fully saturated rings. The predicted octanol–water partition coefficient (Wildman–Crippen LogP) is -0.185. The Bertz CT molecular complexity index is 44.9. The normalized spacial score (nSPS) is 22.4. The largest absolute Gasteiger partial charge is 0.290 e. The van der Waals surface area contributed by atoms with Crippen LogP contribution < -0.4 is 5.32 Å². The molecule has 5 heavy (non-hydrogen) atoms. The molecule has 0 unspecified atom stereocenters. The minimum absolute atomic E-state index is 1.18. The number of thiol groups is 1. The Morgan fingerprint density at radius 1 is 1.80 bits per heavy atom. The van der Waals surface area contributed by atoms with Gasteiger partial charge in [0, 0.05) is 6.54 Å². The van der Waals surface area contributed by atoms with Gasteiger partial charge in [0.1, 0.15) is 0 Å². The van der Waals surface area contributed by atoms with Crippen molar-refractivity contribution < 1.29 is 0 Å². The topological polar surface area (TPSA) is 12.0 Å². The summed E-state index contributed by atoms with van der Waals surface area (Å²) in [5, 5.41) is 3.08. The lowest BCUT2D eigenvalue weighted by atomic mass is 10.8. The molecular weight excluding hydrogens is 82.1 g/mol. The van der Waals surface area contributed by atoms with Gasteiger partial charge >= 0.3 is 0 Å². The summed E-state index contributed by atoms with van der Waals surface area (Å²) in [6.07, 6.45) is 0. The highest BCUT2D eigenvalue weighted by Gasteiger charge is 1.81. The lowest BCUT2D eigenvalue weighted by Crippen LogP contribution is -2.04. The van der Waals surface area contributed by atoms with Gasteiger partial charge in [-0.15, -0.1) is 0 Å². The fraction of sp³-hybridized carbons (Fsp3) is 0.667. The van der Waals surface area contributed by atoms with Gasteiger partial charge in [-0.3, -0.25) is 5.32 Å². The zero-order valence-electron chi connectivity index (χ0n) is 2.94. The van der Waals surface area contributed by atoms with E-state index in [1.807, 2.05) is 0 Å². The van der Waals surface area contributed by atoms with Crippen LogP contribution in [0.2, 0.25) is 0 Å².